The number of carbonyl (C=O) groups is 1. The highest BCUT2D eigenvalue weighted by Gasteiger charge is 2.08. The summed E-state index contributed by atoms with van der Waals surface area (Å²) >= 11 is 3.18. The maximum Gasteiger partial charge on any atom is 0.296 e. The number of hydrogen-bond acceptors (Lipinski definition) is 4. The molecule has 0 spiro atoms. The lowest BCUT2D eigenvalue weighted by Crippen LogP contribution is -2.21. The highest BCUT2D eigenvalue weighted by atomic mass is 79.9. The summed E-state index contributed by atoms with van der Waals surface area (Å²) in [5, 5.41) is 7.54. The van der Waals surface area contributed by atoms with E-state index in [2.05, 4.69) is 31.0 Å². The van der Waals surface area contributed by atoms with Crippen LogP contribution >= 0.6 is 15.9 Å². The van der Waals surface area contributed by atoms with E-state index in [1.54, 1.807) is 24.3 Å². The third kappa shape index (κ3) is 4.81. The maximum atomic E-state index is 12.0. The van der Waals surface area contributed by atoms with Gasteiger partial charge in [0.1, 0.15) is 4.60 Å². The second-order valence-corrected chi connectivity index (χ2v) is 6.16. The van der Waals surface area contributed by atoms with Crippen LogP contribution in [0.2, 0.25) is 0 Å². The summed E-state index contributed by atoms with van der Waals surface area (Å²) in [6.45, 7) is 0. The van der Waals surface area contributed by atoms with Crippen LogP contribution in [0.4, 0.5) is 11.4 Å². The molecule has 2 rings (SSSR count). The standard InChI is InChI=1S/C12H11BrN4O3S/c13-11-6-8(4-5-15-11)12(18)16-9-2-1-3-10(7-9)17-21(14,19)20/h1-7,17H,(H,16,18)(H2,14,19,20). The van der Waals surface area contributed by atoms with E-state index in [0.29, 0.717) is 15.9 Å². The number of nitrogens with two attached hydrogens (primary N) is 1. The number of rotatable bonds is 4. The average Bonchev–Trinajstić information content (AvgIpc) is 2.37. The van der Waals surface area contributed by atoms with Gasteiger partial charge in [0, 0.05) is 17.4 Å². The van der Waals surface area contributed by atoms with E-state index in [1.807, 2.05) is 0 Å². The van der Waals surface area contributed by atoms with Crippen LogP contribution in [0.25, 0.3) is 0 Å². The summed E-state index contributed by atoms with van der Waals surface area (Å²) in [7, 11) is -3.86. The molecule has 0 unspecified atom stereocenters. The zero-order valence-electron chi connectivity index (χ0n) is 10.6. The first-order chi connectivity index (χ1) is 9.83. The van der Waals surface area contributed by atoms with E-state index in [1.165, 1.54) is 18.3 Å². The Morgan fingerprint density at radius 2 is 1.90 bits per heavy atom. The van der Waals surface area contributed by atoms with Gasteiger partial charge in [-0.05, 0) is 46.3 Å². The lowest BCUT2D eigenvalue weighted by molar-refractivity contribution is 0.102. The average molecular weight is 371 g/mol. The molecule has 9 heteroatoms. The van der Waals surface area contributed by atoms with E-state index >= 15 is 0 Å². The van der Waals surface area contributed by atoms with Gasteiger partial charge in [-0.15, -0.1) is 0 Å². The van der Waals surface area contributed by atoms with E-state index in [4.69, 9.17) is 5.14 Å². The molecule has 1 aromatic carbocycles. The first kappa shape index (κ1) is 15.4. The molecule has 2 aromatic rings. The molecule has 4 N–H and O–H groups in total. The summed E-state index contributed by atoms with van der Waals surface area (Å²) in [6, 6.07) is 9.32. The Kier molecular flexibility index (Phi) is 4.56. The van der Waals surface area contributed by atoms with Crippen molar-refractivity contribution in [1.82, 2.24) is 4.98 Å². The Labute approximate surface area is 129 Å². The fourth-order valence-corrected chi connectivity index (χ4v) is 2.39. The second-order valence-electron chi connectivity index (χ2n) is 4.05. The Morgan fingerprint density at radius 1 is 1.19 bits per heavy atom. The molecule has 0 atom stereocenters. The first-order valence-electron chi connectivity index (χ1n) is 5.67. The molecule has 7 nitrogen and oxygen atoms in total. The van der Waals surface area contributed by atoms with Gasteiger partial charge in [0.25, 0.3) is 16.1 Å². The lowest BCUT2D eigenvalue weighted by Gasteiger charge is -2.08. The van der Waals surface area contributed by atoms with Gasteiger partial charge in [-0.2, -0.15) is 8.42 Å². The van der Waals surface area contributed by atoms with Crippen molar-refractivity contribution in [3.8, 4) is 0 Å². The lowest BCUT2D eigenvalue weighted by atomic mass is 10.2. The molecular formula is C12H11BrN4O3S. The smallest absolute Gasteiger partial charge is 0.296 e. The first-order valence-corrected chi connectivity index (χ1v) is 8.01. The number of nitrogens with one attached hydrogen (secondary N) is 2. The number of hydrogen-bond donors (Lipinski definition) is 3. The Hall–Kier alpha value is -1.97. The van der Waals surface area contributed by atoms with Gasteiger partial charge in [0.05, 0.1) is 5.69 Å². The molecule has 1 amide bonds. The number of benzene rings is 1. The van der Waals surface area contributed by atoms with Gasteiger partial charge in [-0.25, -0.2) is 10.1 Å². The summed E-state index contributed by atoms with van der Waals surface area (Å²) in [5.74, 6) is -0.342. The third-order valence-corrected chi connectivity index (χ3v) is 3.32. The SMILES string of the molecule is NS(=O)(=O)Nc1cccc(NC(=O)c2ccnc(Br)c2)c1. The van der Waals surface area contributed by atoms with Crippen molar-refractivity contribution >= 4 is 43.4 Å². The fourth-order valence-electron chi connectivity index (χ4n) is 1.57. The van der Waals surface area contributed by atoms with Gasteiger partial charge in [-0.1, -0.05) is 6.07 Å². The zero-order chi connectivity index (χ0) is 15.5. The van der Waals surface area contributed by atoms with Crippen LogP contribution in [-0.2, 0) is 10.2 Å². The van der Waals surface area contributed by atoms with Crippen LogP contribution in [0.5, 0.6) is 0 Å². The molecular weight excluding hydrogens is 360 g/mol. The molecule has 0 saturated heterocycles. The van der Waals surface area contributed by atoms with Gasteiger partial charge in [0.15, 0.2) is 0 Å². The van der Waals surface area contributed by atoms with Crippen LogP contribution in [0.3, 0.4) is 0 Å². The molecule has 0 aliphatic carbocycles. The minimum atomic E-state index is -3.86. The number of aromatic nitrogens is 1. The predicted octanol–water partition coefficient (Wildman–Crippen LogP) is 1.71. The van der Waals surface area contributed by atoms with Gasteiger partial charge >= 0.3 is 0 Å². The quantitative estimate of drug-likeness (QED) is 0.710. The molecule has 0 aliphatic heterocycles. The summed E-state index contributed by atoms with van der Waals surface area (Å²) in [5.41, 5.74) is 1.11. The molecule has 0 fully saturated rings. The van der Waals surface area contributed by atoms with Gasteiger partial charge in [0.2, 0.25) is 0 Å². The molecule has 0 radical (unpaired) electrons. The van der Waals surface area contributed by atoms with E-state index in [9.17, 15) is 13.2 Å². The monoisotopic (exact) mass is 370 g/mol. The number of carbonyl (C=O) groups excluding carboxylic acids is 1. The highest BCUT2D eigenvalue weighted by Crippen LogP contribution is 2.17. The zero-order valence-corrected chi connectivity index (χ0v) is 13.0. The Morgan fingerprint density at radius 3 is 2.57 bits per heavy atom. The van der Waals surface area contributed by atoms with Crippen molar-refractivity contribution in [1.29, 1.82) is 0 Å². The van der Waals surface area contributed by atoms with Crippen molar-refractivity contribution in [2.75, 3.05) is 10.0 Å². The fraction of sp³-hybridized carbons (Fsp3) is 0. The van der Waals surface area contributed by atoms with Crippen LogP contribution in [-0.4, -0.2) is 19.3 Å². The number of halogens is 1. The molecule has 0 saturated carbocycles. The third-order valence-electron chi connectivity index (χ3n) is 2.37. The van der Waals surface area contributed by atoms with Crippen molar-refractivity contribution in [2.45, 2.75) is 0 Å². The predicted molar refractivity (Wildman–Crippen MR) is 83.1 cm³/mol. The normalized spacial score (nSPS) is 11.0. The number of anilines is 2. The largest absolute Gasteiger partial charge is 0.322 e. The van der Waals surface area contributed by atoms with Gasteiger partial charge in [-0.3, -0.25) is 9.52 Å². The van der Waals surface area contributed by atoms with E-state index in [-0.39, 0.29) is 11.6 Å². The van der Waals surface area contributed by atoms with Crippen LogP contribution in [0, 0.1) is 0 Å². The van der Waals surface area contributed by atoms with Crippen molar-refractivity contribution in [3.63, 3.8) is 0 Å². The summed E-state index contributed by atoms with van der Waals surface area (Å²) in [4.78, 5) is 16.0. The summed E-state index contributed by atoms with van der Waals surface area (Å²) < 4.78 is 24.6. The minimum Gasteiger partial charge on any atom is -0.322 e. The molecule has 110 valence electrons. The van der Waals surface area contributed by atoms with Crippen molar-refractivity contribution < 1.29 is 13.2 Å². The Balaban J connectivity index is 2.16. The van der Waals surface area contributed by atoms with Crippen LogP contribution in [0.1, 0.15) is 10.4 Å². The van der Waals surface area contributed by atoms with E-state index < -0.39 is 10.2 Å². The van der Waals surface area contributed by atoms with Crippen LogP contribution < -0.4 is 15.2 Å². The van der Waals surface area contributed by atoms with Crippen molar-refractivity contribution in [3.05, 3.63) is 52.8 Å². The van der Waals surface area contributed by atoms with E-state index in [0.717, 1.165) is 0 Å². The molecule has 1 heterocycles. The summed E-state index contributed by atoms with van der Waals surface area (Å²) in [6.07, 6.45) is 1.50. The maximum absolute atomic E-state index is 12.0. The van der Waals surface area contributed by atoms with Gasteiger partial charge < -0.3 is 5.32 Å². The molecule has 21 heavy (non-hydrogen) atoms. The Bertz CT molecular complexity index is 780. The van der Waals surface area contributed by atoms with Crippen molar-refractivity contribution in [2.24, 2.45) is 5.14 Å². The minimum absolute atomic E-state index is 0.256. The molecule has 1 aromatic heterocycles. The topological polar surface area (TPSA) is 114 Å². The number of amides is 1. The molecule has 0 bridgehead atoms. The van der Waals surface area contributed by atoms with Crippen LogP contribution in [0.15, 0.2) is 47.2 Å². The second kappa shape index (κ2) is 6.20. The highest BCUT2D eigenvalue weighted by molar-refractivity contribution is 9.10. The molecule has 0 aliphatic rings. The number of pyridine rings is 1. The number of nitrogens with zero attached hydrogens (tertiary/aromatic N) is 1.